The maximum atomic E-state index is 11.3. The van der Waals surface area contributed by atoms with Gasteiger partial charge in [-0.15, -0.1) is 0 Å². The molecule has 0 bridgehead atoms. The van der Waals surface area contributed by atoms with Crippen LogP contribution in [0.4, 0.5) is 0 Å². The van der Waals surface area contributed by atoms with E-state index >= 15 is 0 Å². The third-order valence-corrected chi connectivity index (χ3v) is 4.41. The Morgan fingerprint density at radius 3 is 2.35 bits per heavy atom. The Kier molecular flexibility index (Phi) is 4.81. The fourth-order valence-electron chi connectivity index (χ4n) is 3.22. The van der Waals surface area contributed by atoms with Crippen LogP contribution in [0.15, 0.2) is 24.3 Å². The summed E-state index contributed by atoms with van der Waals surface area (Å²) >= 11 is 0. The van der Waals surface area contributed by atoms with Crippen LogP contribution in [-0.4, -0.2) is 29.1 Å². The quantitative estimate of drug-likeness (QED) is 0.864. The van der Waals surface area contributed by atoms with E-state index in [1.165, 1.54) is 18.4 Å². The summed E-state index contributed by atoms with van der Waals surface area (Å²) in [6.45, 7) is 6.24. The average Bonchev–Trinajstić information content (AvgIpc) is 2.93. The van der Waals surface area contributed by atoms with Gasteiger partial charge in [-0.2, -0.15) is 0 Å². The number of hydrogen-bond acceptors (Lipinski definition) is 2. The van der Waals surface area contributed by atoms with Gasteiger partial charge in [-0.25, -0.2) is 0 Å². The molecule has 1 fully saturated rings. The Morgan fingerprint density at radius 2 is 1.85 bits per heavy atom. The highest BCUT2D eigenvalue weighted by Crippen LogP contribution is 2.35. The van der Waals surface area contributed by atoms with E-state index in [4.69, 9.17) is 0 Å². The van der Waals surface area contributed by atoms with Gasteiger partial charge in [0.25, 0.3) is 0 Å². The van der Waals surface area contributed by atoms with Crippen molar-refractivity contribution in [2.45, 2.75) is 51.5 Å². The van der Waals surface area contributed by atoms with Crippen LogP contribution in [0.3, 0.4) is 0 Å². The molecule has 1 aliphatic rings. The lowest BCUT2D eigenvalue weighted by molar-refractivity contribution is -0.140. The lowest BCUT2D eigenvalue weighted by Crippen LogP contribution is -2.43. The summed E-state index contributed by atoms with van der Waals surface area (Å²) in [5.41, 5.74) is 2.07. The van der Waals surface area contributed by atoms with Crippen LogP contribution in [0.5, 0.6) is 0 Å². The van der Waals surface area contributed by atoms with E-state index in [0.717, 1.165) is 31.5 Å². The van der Waals surface area contributed by atoms with Crippen molar-refractivity contribution in [3.05, 3.63) is 35.4 Å². The Hall–Kier alpha value is -1.35. The number of aryl methyl sites for hydroxylation is 1. The zero-order chi connectivity index (χ0) is 14.6. The number of rotatable bonds is 6. The maximum absolute atomic E-state index is 11.3. The first-order chi connectivity index (χ1) is 9.56. The summed E-state index contributed by atoms with van der Waals surface area (Å²) in [4.78, 5) is 13.6. The van der Waals surface area contributed by atoms with Gasteiger partial charge in [0.2, 0.25) is 0 Å². The van der Waals surface area contributed by atoms with E-state index in [2.05, 4.69) is 43.0 Å². The van der Waals surface area contributed by atoms with Gasteiger partial charge in [0.05, 0.1) is 12.0 Å². The zero-order valence-electron chi connectivity index (χ0n) is 12.6. The van der Waals surface area contributed by atoms with E-state index in [1.807, 2.05) is 0 Å². The molecule has 0 saturated carbocycles. The van der Waals surface area contributed by atoms with Gasteiger partial charge in [0.1, 0.15) is 0 Å². The number of carboxylic acid groups (broad SMARTS) is 1. The SMILES string of the molecule is CCCc1ccc(C(C)(CC(=O)O)N2CCCC2)cc1. The Morgan fingerprint density at radius 1 is 1.25 bits per heavy atom. The monoisotopic (exact) mass is 275 g/mol. The minimum Gasteiger partial charge on any atom is -0.481 e. The normalized spacial score (nSPS) is 18.9. The van der Waals surface area contributed by atoms with Crippen molar-refractivity contribution in [2.24, 2.45) is 0 Å². The molecule has 0 spiro atoms. The van der Waals surface area contributed by atoms with E-state index in [1.54, 1.807) is 0 Å². The fraction of sp³-hybridized carbons (Fsp3) is 0.588. The lowest BCUT2D eigenvalue weighted by Gasteiger charge is -2.38. The molecule has 1 saturated heterocycles. The molecule has 3 heteroatoms. The molecular weight excluding hydrogens is 250 g/mol. The summed E-state index contributed by atoms with van der Waals surface area (Å²) in [7, 11) is 0. The van der Waals surface area contributed by atoms with Crippen LogP contribution < -0.4 is 0 Å². The minimum atomic E-state index is -0.725. The number of benzene rings is 1. The zero-order valence-corrected chi connectivity index (χ0v) is 12.6. The van der Waals surface area contributed by atoms with Crippen LogP contribution in [0.25, 0.3) is 0 Å². The van der Waals surface area contributed by atoms with Crippen LogP contribution in [0.1, 0.15) is 50.7 Å². The molecule has 0 aromatic heterocycles. The lowest BCUT2D eigenvalue weighted by atomic mass is 9.86. The van der Waals surface area contributed by atoms with Crippen LogP contribution in [-0.2, 0) is 16.8 Å². The molecule has 1 aromatic rings. The number of likely N-dealkylation sites (tertiary alicyclic amines) is 1. The van der Waals surface area contributed by atoms with Gasteiger partial charge in [0, 0.05) is 0 Å². The summed E-state index contributed by atoms with van der Waals surface area (Å²) < 4.78 is 0. The molecular formula is C17H25NO2. The smallest absolute Gasteiger partial charge is 0.305 e. The van der Waals surface area contributed by atoms with Gasteiger partial charge >= 0.3 is 5.97 Å². The molecule has 1 N–H and O–H groups in total. The maximum Gasteiger partial charge on any atom is 0.305 e. The van der Waals surface area contributed by atoms with E-state index in [0.29, 0.717) is 0 Å². The Labute approximate surface area is 121 Å². The second-order valence-electron chi connectivity index (χ2n) is 5.99. The second kappa shape index (κ2) is 6.40. The number of carbonyl (C=O) groups is 1. The van der Waals surface area contributed by atoms with Crippen molar-refractivity contribution in [2.75, 3.05) is 13.1 Å². The first-order valence-electron chi connectivity index (χ1n) is 7.62. The van der Waals surface area contributed by atoms with Crippen molar-refractivity contribution < 1.29 is 9.90 Å². The molecule has 2 rings (SSSR count). The third-order valence-electron chi connectivity index (χ3n) is 4.41. The third kappa shape index (κ3) is 3.21. The van der Waals surface area contributed by atoms with Crippen molar-refractivity contribution in [3.63, 3.8) is 0 Å². The molecule has 1 unspecified atom stereocenters. The predicted molar refractivity (Wildman–Crippen MR) is 80.8 cm³/mol. The van der Waals surface area contributed by atoms with E-state index in [-0.39, 0.29) is 12.0 Å². The highest BCUT2D eigenvalue weighted by molar-refractivity contribution is 5.69. The molecule has 20 heavy (non-hydrogen) atoms. The number of hydrogen-bond donors (Lipinski definition) is 1. The van der Waals surface area contributed by atoms with E-state index < -0.39 is 5.97 Å². The standard InChI is InChI=1S/C17H25NO2/c1-3-6-14-7-9-15(10-8-14)17(2,13-16(19)20)18-11-4-5-12-18/h7-10H,3-6,11-13H2,1-2H3,(H,19,20). The molecule has 1 atom stereocenters. The minimum absolute atomic E-state index is 0.167. The fourth-order valence-corrected chi connectivity index (χ4v) is 3.22. The molecule has 3 nitrogen and oxygen atoms in total. The summed E-state index contributed by atoms with van der Waals surface area (Å²) in [5.74, 6) is -0.725. The Balaban J connectivity index is 2.27. The number of carboxylic acids is 1. The van der Waals surface area contributed by atoms with Crippen molar-refractivity contribution in [3.8, 4) is 0 Å². The topological polar surface area (TPSA) is 40.5 Å². The summed E-state index contributed by atoms with van der Waals surface area (Å²) in [5, 5.41) is 9.28. The highest BCUT2D eigenvalue weighted by Gasteiger charge is 2.37. The van der Waals surface area contributed by atoms with Crippen LogP contribution in [0, 0.1) is 0 Å². The first kappa shape index (κ1) is 15.0. The number of nitrogens with zero attached hydrogens (tertiary/aromatic N) is 1. The van der Waals surface area contributed by atoms with Crippen molar-refractivity contribution in [1.29, 1.82) is 0 Å². The van der Waals surface area contributed by atoms with Gasteiger partial charge < -0.3 is 5.11 Å². The average molecular weight is 275 g/mol. The van der Waals surface area contributed by atoms with Gasteiger partial charge in [-0.1, -0.05) is 37.6 Å². The predicted octanol–water partition coefficient (Wildman–Crippen LogP) is 3.42. The van der Waals surface area contributed by atoms with E-state index in [9.17, 15) is 9.90 Å². The van der Waals surface area contributed by atoms with Crippen LogP contribution >= 0.6 is 0 Å². The molecule has 1 aliphatic heterocycles. The number of aliphatic carboxylic acids is 1. The van der Waals surface area contributed by atoms with Crippen molar-refractivity contribution >= 4 is 5.97 Å². The molecule has 1 aromatic carbocycles. The Bertz CT molecular complexity index is 449. The van der Waals surface area contributed by atoms with Gasteiger partial charge in [-0.3, -0.25) is 9.69 Å². The van der Waals surface area contributed by atoms with Gasteiger partial charge in [-0.05, 0) is 50.4 Å². The largest absolute Gasteiger partial charge is 0.481 e. The summed E-state index contributed by atoms with van der Waals surface area (Å²) in [6, 6.07) is 8.53. The van der Waals surface area contributed by atoms with Gasteiger partial charge in [0.15, 0.2) is 0 Å². The molecule has 0 aliphatic carbocycles. The molecule has 110 valence electrons. The van der Waals surface area contributed by atoms with Crippen LogP contribution in [0.2, 0.25) is 0 Å². The highest BCUT2D eigenvalue weighted by atomic mass is 16.4. The molecule has 1 heterocycles. The molecule has 0 radical (unpaired) electrons. The second-order valence-corrected chi connectivity index (χ2v) is 5.99. The summed E-state index contributed by atoms with van der Waals surface area (Å²) in [6.07, 6.45) is 4.73. The first-order valence-corrected chi connectivity index (χ1v) is 7.62. The molecule has 0 amide bonds. The van der Waals surface area contributed by atoms with Crippen molar-refractivity contribution in [1.82, 2.24) is 4.90 Å².